The van der Waals surface area contributed by atoms with E-state index in [1.165, 1.54) is 0 Å². The first-order valence-corrected chi connectivity index (χ1v) is 3.13. The van der Waals surface area contributed by atoms with Crippen molar-refractivity contribution in [2.75, 3.05) is 0 Å². The smallest absolute Gasteiger partial charge is 0.143 e. The summed E-state index contributed by atoms with van der Waals surface area (Å²) >= 11 is 8.86. The third-order valence-corrected chi connectivity index (χ3v) is 1.30. The molecule has 0 aromatic rings. The highest BCUT2D eigenvalue weighted by Gasteiger charge is 2.02. The van der Waals surface area contributed by atoms with E-state index in [-0.39, 0.29) is 5.50 Å². The van der Waals surface area contributed by atoms with E-state index >= 15 is 0 Å². The molecule has 44 valence electrons. The first-order valence-electron chi connectivity index (χ1n) is 2.20. The summed E-state index contributed by atoms with van der Waals surface area (Å²) in [4.78, 5) is 0.726. The molecule has 0 aromatic heterocycles. The maximum absolute atomic E-state index is 4.80. The summed E-state index contributed by atoms with van der Waals surface area (Å²) in [7, 11) is 0. The van der Waals surface area contributed by atoms with Crippen molar-refractivity contribution in [3.05, 3.63) is 12.3 Å². The average molecular weight is 146 g/mol. The van der Waals surface area contributed by atoms with Gasteiger partial charge in [0.2, 0.25) is 0 Å². The molecule has 0 amide bonds. The first-order chi connectivity index (χ1) is 3.79. The van der Waals surface area contributed by atoms with E-state index in [0.29, 0.717) is 0 Å². The van der Waals surface area contributed by atoms with Crippen LogP contribution in [0.4, 0.5) is 0 Å². The summed E-state index contributed by atoms with van der Waals surface area (Å²) < 4.78 is 0. The van der Waals surface area contributed by atoms with Crippen molar-refractivity contribution >= 4 is 29.8 Å². The molecule has 0 bridgehead atoms. The standard InChI is InChI=1S/C4H6N2S2/c7-3-1-2-5-4(8)6-3/h1-2,4-5,8H,(H,6,7). The van der Waals surface area contributed by atoms with Gasteiger partial charge in [-0.05, 0) is 6.08 Å². The van der Waals surface area contributed by atoms with Gasteiger partial charge in [0.1, 0.15) is 10.5 Å². The highest BCUT2D eigenvalue weighted by atomic mass is 32.1. The fourth-order valence-electron chi connectivity index (χ4n) is 0.439. The molecule has 0 saturated heterocycles. The molecule has 4 heteroatoms. The second-order valence-electron chi connectivity index (χ2n) is 1.41. The lowest BCUT2D eigenvalue weighted by Gasteiger charge is -2.17. The maximum Gasteiger partial charge on any atom is 0.143 e. The fourth-order valence-corrected chi connectivity index (χ4v) is 0.938. The van der Waals surface area contributed by atoms with E-state index in [1.54, 1.807) is 12.3 Å². The molecule has 0 radical (unpaired) electrons. The number of thiocarbonyl (C=S) groups is 1. The van der Waals surface area contributed by atoms with Gasteiger partial charge in [0, 0.05) is 6.20 Å². The van der Waals surface area contributed by atoms with E-state index in [1.807, 2.05) is 0 Å². The maximum atomic E-state index is 4.80. The molecule has 1 atom stereocenters. The fraction of sp³-hybridized carbons (Fsp3) is 0.250. The summed E-state index contributed by atoms with van der Waals surface area (Å²) in [5.74, 6) is 0. The Hall–Kier alpha value is -0.220. The zero-order valence-corrected chi connectivity index (χ0v) is 5.80. The molecule has 2 N–H and O–H groups in total. The van der Waals surface area contributed by atoms with Gasteiger partial charge < -0.3 is 10.6 Å². The van der Waals surface area contributed by atoms with Crippen molar-refractivity contribution in [2.24, 2.45) is 0 Å². The molecule has 2 nitrogen and oxygen atoms in total. The van der Waals surface area contributed by atoms with Gasteiger partial charge in [-0.25, -0.2) is 0 Å². The van der Waals surface area contributed by atoms with E-state index in [4.69, 9.17) is 12.2 Å². The van der Waals surface area contributed by atoms with E-state index in [9.17, 15) is 0 Å². The lowest BCUT2D eigenvalue weighted by molar-refractivity contribution is 0.738. The van der Waals surface area contributed by atoms with E-state index in [0.717, 1.165) is 4.99 Å². The normalized spacial score (nSPS) is 26.6. The van der Waals surface area contributed by atoms with Crippen LogP contribution in [-0.4, -0.2) is 10.5 Å². The van der Waals surface area contributed by atoms with Gasteiger partial charge in [0.05, 0.1) is 0 Å². The number of rotatable bonds is 0. The molecule has 1 heterocycles. The van der Waals surface area contributed by atoms with Gasteiger partial charge in [0.25, 0.3) is 0 Å². The van der Waals surface area contributed by atoms with Gasteiger partial charge >= 0.3 is 0 Å². The Morgan fingerprint density at radius 3 is 2.88 bits per heavy atom. The SMILES string of the molecule is S=C1C=CNC(S)N1. The summed E-state index contributed by atoms with van der Waals surface area (Å²) in [5, 5.41) is 5.77. The molecular weight excluding hydrogens is 140 g/mol. The number of hydrogen-bond acceptors (Lipinski definition) is 3. The second-order valence-corrected chi connectivity index (χ2v) is 2.37. The molecule has 1 aliphatic heterocycles. The lowest BCUT2D eigenvalue weighted by atomic mass is 10.5. The molecule has 0 aromatic carbocycles. The summed E-state index contributed by atoms with van der Waals surface area (Å²) in [6, 6.07) is 0. The Bertz CT molecular complexity index is 132. The molecule has 1 aliphatic rings. The van der Waals surface area contributed by atoms with Crippen LogP contribution in [0.25, 0.3) is 0 Å². The molecular formula is C4H6N2S2. The molecule has 0 fully saturated rings. The third kappa shape index (κ3) is 1.38. The number of hydrogen-bond donors (Lipinski definition) is 3. The third-order valence-electron chi connectivity index (χ3n) is 0.768. The minimum absolute atomic E-state index is 0.0208. The van der Waals surface area contributed by atoms with Crippen LogP contribution >= 0.6 is 24.8 Å². The van der Waals surface area contributed by atoms with Crippen molar-refractivity contribution < 1.29 is 0 Å². The average Bonchev–Trinajstić information content (AvgIpc) is 1.64. The van der Waals surface area contributed by atoms with E-state index in [2.05, 4.69) is 23.3 Å². The predicted molar refractivity (Wildman–Crippen MR) is 40.8 cm³/mol. The Morgan fingerprint density at radius 1 is 1.75 bits per heavy atom. The predicted octanol–water partition coefficient (Wildman–Crippen LogP) is 0.234. The van der Waals surface area contributed by atoms with Gasteiger partial charge in [-0.3, -0.25) is 0 Å². The zero-order chi connectivity index (χ0) is 5.98. The van der Waals surface area contributed by atoms with Crippen LogP contribution < -0.4 is 10.6 Å². The topological polar surface area (TPSA) is 24.1 Å². The summed E-state index contributed by atoms with van der Waals surface area (Å²) in [6.45, 7) is 0. The Balaban J connectivity index is 2.54. The van der Waals surface area contributed by atoms with Crippen LogP contribution in [0.1, 0.15) is 0 Å². The second kappa shape index (κ2) is 2.37. The van der Waals surface area contributed by atoms with Gasteiger partial charge in [-0.2, -0.15) is 0 Å². The minimum atomic E-state index is -0.0208. The van der Waals surface area contributed by atoms with Crippen molar-refractivity contribution in [2.45, 2.75) is 5.50 Å². The molecule has 1 rings (SSSR count). The Morgan fingerprint density at radius 2 is 2.50 bits per heavy atom. The minimum Gasteiger partial charge on any atom is -0.363 e. The van der Waals surface area contributed by atoms with E-state index < -0.39 is 0 Å². The van der Waals surface area contributed by atoms with Crippen LogP contribution in [0.15, 0.2) is 12.3 Å². The highest BCUT2D eigenvalue weighted by Crippen LogP contribution is 1.91. The number of nitrogens with one attached hydrogen (secondary N) is 2. The summed E-state index contributed by atoms with van der Waals surface area (Å²) in [5.41, 5.74) is -0.0208. The molecule has 0 spiro atoms. The molecule has 0 saturated carbocycles. The molecule has 1 unspecified atom stereocenters. The Kier molecular flexibility index (Phi) is 1.75. The van der Waals surface area contributed by atoms with Crippen LogP contribution in [0.3, 0.4) is 0 Å². The number of thiol groups is 1. The molecule has 0 aliphatic carbocycles. The Labute approximate surface area is 58.8 Å². The summed E-state index contributed by atoms with van der Waals surface area (Å²) in [6.07, 6.45) is 3.55. The van der Waals surface area contributed by atoms with Crippen LogP contribution in [0.5, 0.6) is 0 Å². The van der Waals surface area contributed by atoms with Crippen molar-refractivity contribution in [1.29, 1.82) is 0 Å². The van der Waals surface area contributed by atoms with Gasteiger partial charge in [-0.1, -0.05) is 12.2 Å². The van der Waals surface area contributed by atoms with Gasteiger partial charge in [0.15, 0.2) is 0 Å². The largest absolute Gasteiger partial charge is 0.363 e. The zero-order valence-electron chi connectivity index (χ0n) is 4.09. The monoisotopic (exact) mass is 146 g/mol. The van der Waals surface area contributed by atoms with Crippen molar-refractivity contribution in [1.82, 2.24) is 10.6 Å². The van der Waals surface area contributed by atoms with Crippen LogP contribution in [0, 0.1) is 0 Å². The van der Waals surface area contributed by atoms with Crippen molar-refractivity contribution in [3.63, 3.8) is 0 Å². The molecule has 8 heavy (non-hydrogen) atoms. The van der Waals surface area contributed by atoms with Crippen LogP contribution in [-0.2, 0) is 0 Å². The first kappa shape index (κ1) is 5.91. The van der Waals surface area contributed by atoms with Crippen molar-refractivity contribution in [3.8, 4) is 0 Å². The quantitative estimate of drug-likeness (QED) is 0.337. The highest BCUT2D eigenvalue weighted by molar-refractivity contribution is 7.82. The van der Waals surface area contributed by atoms with Gasteiger partial charge in [-0.15, -0.1) is 12.6 Å². The lowest BCUT2D eigenvalue weighted by Crippen LogP contribution is -2.40. The van der Waals surface area contributed by atoms with Crippen LogP contribution in [0.2, 0.25) is 0 Å².